The van der Waals surface area contributed by atoms with Crippen molar-refractivity contribution in [2.75, 3.05) is 45.7 Å². The fourth-order valence-corrected chi connectivity index (χ4v) is 5.63. The molecule has 0 radical (unpaired) electrons. The number of para-hydroxylation sites is 1. The molecule has 0 bridgehead atoms. The number of hydrogen-bond donors (Lipinski definition) is 1. The maximum Gasteiger partial charge on any atom is 0.257 e. The summed E-state index contributed by atoms with van der Waals surface area (Å²) >= 11 is 1.33. The molecule has 0 aliphatic carbocycles. The van der Waals surface area contributed by atoms with Crippen molar-refractivity contribution in [2.24, 2.45) is 0 Å². The monoisotopic (exact) mass is 446 g/mol. The van der Waals surface area contributed by atoms with E-state index in [2.05, 4.69) is 15.2 Å². The number of piperazine rings is 1. The molecule has 0 saturated carbocycles. The summed E-state index contributed by atoms with van der Waals surface area (Å²) in [6.45, 7) is 2.23. The van der Waals surface area contributed by atoms with Crippen LogP contribution in [0.1, 0.15) is 10.4 Å². The summed E-state index contributed by atoms with van der Waals surface area (Å²) in [5.74, 6) is 0.216. The second-order valence-corrected chi connectivity index (χ2v) is 9.98. The number of methoxy groups -OCH3 is 1. The first-order valence-electron chi connectivity index (χ1n) is 9.42. The molecule has 1 fully saturated rings. The molecular formula is C20H22N4O4S2. The maximum absolute atomic E-state index is 13.0. The van der Waals surface area contributed by atoms with E-state index in [0.717, 1.165) is 4.70 Å². The first-order chi connectivity index (χ1) is 14.4. The average Bonchev–Trinajstić information content (AvgIpc) is 3.16. The molecular weight excluding hydrogens is 424 g/mol. The predicted octanol–water partition coefficient (Wildman–Crippen LogP) is 2.49. The van der Waals surface area contributed by atoms with Gasteiger partial charge in [0, 0.05) is 31.7 Å². The van der Waals surface area contributed by atoms with Gasteiger partial charge in [-0.25, -0.2) is 13.4 Å². The van der Waals surface area contributed by atoms with Crippen molar-refractivity contribution < 1.29 is 17.9 Å². The Morgan fingerprint density at radius 1 is 1.13 bits per heavy atom. The van der Waals surface area contributed by atoms with Gasteiger partial charge >= 0.3 is 0 Å². The van der Waals surface area contributed by atoms with Gasteiger partial charge in [0.15, 0.2) is 5.13 Å². The quantitative estimate of drug-likeness (QED) is 0.648. The average molecular weight is 447 g/mol. The molecule has 1 N–H and O–H groups in total. The lowest BCUT2D eigenvalue weighted by atomic mass is 10.2. The number of sulfonamides is 1. The summed E-state index contributed by atoms with van der Waals surface area (Å²) in [7, 11) is -0.114. The number of thiazole rings is 1. The summed E-state index contributed by atoms with van der Waals surface area (Å²) in [4.78, 5) is 19.4. The Labute approximate surface area is 179 Å². The minimum Gasteiger partial charge on any atom is -0.494 e. The number of aromatic nitrogens is 1. The van der Waals surface area contributed by atoms with Crippen LogP contribution in [0.15, 0.2) is 47.4 Å². The van der Waals surface area contributed by atoms with Crippen LogP contribution >= 0.6 is 11.3 Å². The molecule has 0 unspecified atom stereocenters. The van der Waals surface area contributed by atoms with E-state index in [-0.39, 0.29) is 10.5 Å². The summed E-state index contributed by atoms with van der Waals surface area (Å²) in [6, 6.07) is 11.7. The van der Waals surface area contributed by atoms with Crippen LogP contribution in [0.3, 0.4) is 0 Å². The lowest BCUT2D eigenvalue weighted by molar-refractivity contribution is 0.102. The topological polar surface area (TPSA) is 91.8 Å². The van der Waals surface area contributed by atoms with Gasteiger partial charge in [-0.2, -0.15) is 4.31 Å². The predicted molar refractivity (Wildman–Crippen MR) is 117 cm³/mol. The maximum atomic E-state index is 13.0. The molecule has 2 aromatic carbocycles. The van der Waals surface area contributed by atoms with Crippen LogP contribution in [-0.2, 0) is 10.0 Å². The van der Waals surface area contributed by atoms with Gasteiger partial charge < -0.3 is 9.64 Å². The van der Waals surface area contributed by atoms with Gasteiger partial charge in [-0.1, -0.05) is 23.5 Å². The number of ether oxygens (including phenoxy) is 1. The SMILES string of the molecule is COc1cccc2sc(NC(=O)c3cccc(S(=O)(=O)N4CCN(C)CC4)c3)nc12. The Bertz CT molecular complexity index is 1180. The van der Waals surface area contributed by atoms with Crippen LogP contribution in [0.4, 0.5) is 5.13 Å². The van der Waals surface area contributed by atoms with Crippen molar-refractivity contribution in [3.8, 4) is 5.75 Å². The number of benzene rings is 2. The van der Waals surface area contributed by atoms with Crippen molar-refractivity contribution in [3.63, 3.8) is 0 Å². The fourth-order valence-electron chi connectivity index (χ4n) is 3.29. The normalized spacial score (nSPS) is 15.9. The van der Waals surface area contributed by atoms with E-state index in [1.807, 2.05) is 19.2 Å². The highest BCUT2D eigenvalue weighted by Crippen LogP contribution is 2.32. The van der Waals surface area contributed by atoms with E-state index >= 15 is 0 Å². The van der Waals surface area contributed by atoms with E-state index in [9.17, 15) is 13.2 Å². The van der Waals surface area contributed by atoms with E-state index in [1.165, 1.54) is 27.8 Å². The zero-order chi connectivity index (χ0) is 21.3. The van der Waals surface area contributed by atoms with Crippen LogP contribution < -0.4 is 10.1 Å². The van der Waals surface area contributed by atoms with Crippen molar-refractivity contribution in [3.05, 3.63) is 48.0 Å². The Kier molecular flexibility index (Phi) is 5.74. The van der Waals surface area contributed by atoms with Crippen LogP contribution in [0, 0.1) is 0 Å². The zero-order valence-electron chi connectivity index (χ0n) is 16.7. The van der Waals surface area contributed by atoms with Crippen molar-refractivity contribution in [1.82, 2.24) is 14.2 Å². The zero-order valence-corrected chi connectivity index (χ0v) is 18.3. The van der Waals surface area contributed by atoms with E-state index in [1.54, 1.807) is 25.3 Å². The molecule has 1 amide bonds. The van der Waals surface area contributed by atoms with E-state index < -0.39 is 15.9 Å². The number of fused-ring (bicyclic) bond motifs is 1. The smallest absolute Gasteiger partial charge is 0.257 e. The summed E-state index contributed by atoms with van der Waals surface area (Å²) < 4.78 is 33.6. The minimum atomic E-state index is -3.65. The molecule has 0 spiro atoms. The largest absolute Gasteiger partial charge is 0.494 e. The molecule has 10 heteroatoms. The number of likely N-dealkylation sites (N-methyl/N-ethyl adjacent to an activating group) is 1. The summed E-state index contributed by atoms with van der Waals surface area (Å²) in [5.41, 5.74) is 0.933. The molecule has 0 atom stereocenters. The molecule has 158 valence electrons. The Balaban J connectivity index is 1.56. The molecule has 1 aliphatic heterocycles. The molecule has 3 aromatic rings. The number of carbonyl (C=O) groups excluding carboxylic acids is 1. The van der Waals surface area contributed by atoms with Gasteiger partial charge in [-0.15, -0.1) is 0 Å². The molecule has 30 heavy (non-hydrogen) atoms. The number of hydrogen-bond acceptors (Lipinski definition) is 7. The highest BCUT2D eigenvalue weighted by atomic mass is 32.2. The van der Waals surface area contributed by atoms with Gasteiger partial charge in [0.05, 0.1) is 16.7 Å². The van der Waals surface area contributed by atoms with Crippen LogP contribution in [0.5, 0.6) is 5.75 Å². The van der Waals surface area contributed by atoms with Gasteiger partial charge in [-0.3, -0.25) is 10.1 Å². The number of nitrogens with zero attached hydrogens (tertiary/aromatic N) is 3. The third kappa shape index (κ3) is 4.04. The van der Waals surface area contributed by atoms with Crippen molar-refractivity contribution in [2.45, 2.75) is 4.90 Å². The fraction of sp³-hybridized carbons (Fsp3) is 0.300. The van der Waals surface area contributed by atoms with Gasteiger partial charge in [-0.05, 0) is 37.4 Å². The lowest BCUT2D eigenvalue weighted by Gasteiger charge is -2.31. The highest BCUT2D eigenvalue weighted by Gasteiger charge is 2.28. The molecule has 8 nitrogen and oxygen atoms in total. The number of nitrogens with one attached hydrogen (secondary N) is 1. The number of rotatable bonds is 5. The highest BCUT2D eigenvalue weighted by molar-refractivity contribution is 7.89. The minimum absolute atomic E-state index is 0.116. The van der Waals surface area contributed by atoms with Gasteiger partial charge in [0.2, 0.25) is 10.0 Å². The Hall–Kier alpha value is -2.53. The first kappa shape index (κ1) is 20.7. The van der Waals surface area contributed by atoms with E-state index in [4.69, 9.17) is 4.74 Å². The second-order valence-electron chi connectivity index (χ2n) is 7.02. The first-order valence-corrected chi connectivity index (χ1v) is 11.7. The van der Waals surface area contributed by atoms with Gasteiger partial charge in [0.1, 0.15) is 11.3 Å². The standard InChI is InChI=1S/C20H22N4O4S2/c1-23-9-11-24(12-10-23)30(26,27)15-6-3-5-14(13-15)19(25)22-20-21-18-16(28-2)7-4-8-17(18)29-20/h3-8,13H,9-12H2,1-2H3,(H,21,22,25). The Morgan fingerprint density at radius 2 is 1.87 bits per heavy atom. The van der Waals surface area contributed by atoms with Crippen LogP contribution in [0.2, 0.25) is 0 Å². The number of anilines is 1. The number of amides is 1. The van der Waals surface area contributed by atoms with Crippen LogP contribution in [0.25, 0.3) is 10.2 Å². The van der Waals surface area contributed by atoms with Gasteiger partial charge in [0.25, 0.3) is 5.91 Å². The summed E-state index contributed by atoms with van der Waals surface area (Å²) in [6.07, 6.45) is 0. The lowest BCUT2D eigenvalue weighted by Crippen LogP contribution is -2.47. The summed E-state index contributed by atoms with van der Waals surface area (Å²) in [5, 5.41) is 3.18. The van der Waals surface area contributed by atoms with E-state index in [0.29, 0.717) is 42.6 Å². The molecule has 1 aromatic heterocycles. The molecule has 1 aliphatic rings. The van der Waals surface area contributed by atoms with Crippen molar-refractivity contribution >= 4 is 42.6 Å². The van der Waals surface area contributed by atoms with Crippen LogP contribution in [-0.4, -0.2) is 68.9 Å². The number of carbonyl (C=O) groups is 1. The second kappa shape index (κ2) is 8.31. The molecule has 1 saturated heterocycles. The van der Waals surface area contributed by atoms with Crippen molar-refractivity contribution in [1.29, 1.82) is 0 Å². The third-order valence-corrected chi connectivity index (χ3v) is 7.85. The third-order valence-electron chi connectivity index (χ3n) is 5.02. The molecule has 4 rings (SSSR count). The molecule has 2 heterocycles. The Morgan fingerprint density at radius 3 is 2.60 bits per heavy atom.